The Morgan fingerprint density at radius 2 is 1.76 bits per heavy atom. The number of rotatable bonds is 4. The molecule has 0 radical (unpaired) electrons. The first-order chi connectivity index (χ1) is 16.2. The second-order valence-electron chi connectivity index (χ2n) is 7.96. The highest BCUT2D eigenvalue weighted by molar-refractivity contribution is 7.14. The van der Waals surface area contributed by atoms with E-state index in [0.717, 1.165) is 34.5 Å². The first kappa shape index (κ1) is 19.7. The number of amides is 1. The molecule has 6 nitrogen and oxygen atoms in total. The van der Waals surface area contributed by atoms with Crippen molar-refractivity contribution < 1.29 is 9.53 Å². The van der Waals surface area contributed by atoms with Gasteiger partial charge in [-0.15, -0.1) is 11.3 Å². The summed E-state index contributed by atoms with van der Waals surface area (Å²) in [5.41, 5.74) is 4.45. The van der Waals surface area contributed by atoms with E-state index < -0.39 is 0 Å². The van der Waals surface area contributed by atoms with Crippen molar-refractivity contribution in [3.8, 4) is 17.0 Å². The number of carbonyl (C=O) groups excluding carboxylic acids is 1. The van der Waals surface area contributed by atoms with Gasteiger partial charge in [-0.05, 0) is 48.0 Å². The number of nitrogens with one attached hydrogen (secondary N) is 1. The first-order valence-electron chi connectivity index (χ1n) is 10.7. The minimum Gasteiger partial charge on any atom is -0.493 e. The maximum Gasteiger partial charge on any atom is 0.246 e. The SMILES string of the molecule is O=C(Cn1c2ccccc2c(=O)c2ccccc21)Nc1nc(-c2ccc3c(c2)CCO3)cs1. The number of carbonyl (C=O) groups is 1. The molecule has 2 aromatic heterocycles. The predicted octanol–water partition coefficient (Wildman–Crippen LogP) is 4.85. The van der Waals surface area contributed by atoms with Crippen LogP contribution in [0.1, 0.15) is 5.56 Å². The molecule has 0 unspecified atom stereocenters. The number of benzene rings is 3. The number of thiazole rings is 1. The molecule has 1 N–H and O–H groups in total. The normalized spacial score (nSPS) is 12.6. The largest absolute Gasteiger partial charge is 0.493 e. The van der Waals surface area contributed by atoms with Crippen molar-refractivity contribution in [2.45, 2.75) is 13.0 Å². The van der Waals surface area contributed by atoms with E-state index in [-0.39, 0.29) is 17.9 Å². The van der Waals surface area contributed by atoms with Crippen molar-refractivity contribution in [1.29, 1.82) is 0 Å². The molecule has 3 heterocycles. The maximum atomic E-state index is 13.0. The summed E-state index contributed by atoms with van der Waals surface area (Å²) in [6.45, 7) is 0.790. The van der Waals surface area contributed by atoms with Gasteiger partial charge in [-0.2, -0.15) is 0 Å². The molecule has 0 saturated carbocycles. The van der Waals surface area contributed by atoms with Crippen LogP contribution in [0.4, 0.5) is 5.13 Å². The minimum atomic E-state index is -0.197. The number of pyridine rings is 1. The summed E-state index contributed by atoms with van der Waals surface area (Å²) in [5.74, 6) is 0.736. The lowest BCUT2D eigenvalue weighted by Gasteiger charge is -2.14. The van der Waals surface area contributed by atoms with Crippen LogP contribution in [-0.2, 0) is 17.8 Å². The molecule has 162 valence electrons. The average Bonchev–Trinajstić information content (AvgIpc) is 3.51. The zero-order chi connectivity index (χ0) is 22.4. The molecule has 0 atom stereocenters. The second-order valence-corrected chi connectivity index (χ2v) is 8.81. The molecule has 3 aromatic carbocycles. The maximum absolute atomic E-state index is 13.0. The third kappa shape index (κ3) is 3.47. The quantitative estimate of drug-likeness (QED) is 0.395. The number of aromatic nitrogens is 2. The van der Waals surface area contributed by atoms with Gasteiger partial charge < -0.3 is 14.6 Å². The van der Waals surface area contributed by atoms with Crippen LogP contribution in [0.2, 0.25) is 0 Å². The summed E-state index contributed by atoms with van der Waals surface area (Å²) < 4.78 is 7.46. The van der Waals surface area contributed by atoms with Gasteiger partial charge in [-0.1, -0.05) is 24.3 Å². The summed E-state index contributed by atoms with van der Waals surface area (Å²) in [5, 5.41) is 6.60. The van der Waals surface area contributed by atoms with Crippen LogP contribution in [0.3, 0.4) is 0 Å². The van der Waals surface area contributed by atoms with Crippen LogP contribution in [0.5, 0.6) is 5.75 Å². The fourth-order valence-corrected chi connectivity index (χ4v) is 5.10. The van der Waals surface area contributed by atoms with Gasteiger partial charge in [0.05, 0.1) is 23.3 Å². The average molecular weight is 454 g/mol. The number of anilines is 1. The van der Waals surface area contributed by atoms with E-state index in [0.29, 0.717) is 22.5 Å². The first-order valence-corrected chi connectivity index (χ1v) is 11.6. The Kier molecular flexibility index (Phi) is 4.69. The van der Waals surface area contributed by atoms with E-state index >= 15 is 0 Å². The third-order valence-electron chi connectivity index (χ3n) is 5.92. The molecule has 0 saturated heterocycles. The smallest absolute Gasteiger partial charge is 0.246 e. The molecular formula is C26H19N3O3S. The van der Waals surface area contributed by atoms with Crippen LogP contribution in [0, 0.1) is 0 Å². The Balaban J connectivity index is 1.30. The number of para-hydroxylation sites is 2. The van der Waals surface area contributed by atoms with Crippen molar-refractivity contribution in [2.24, 2.45) is 0 Å². The molecule has 0 spiro atoms. The van der Waals surface area contributed by atoms with Crippen LogP contribution in [-0.4, -0.2) is 22.1 Å². The van der Waals surface area contributed by atoms with Crippen molar-refractivity contribution in [3.05, 3.63) is 87.9 Å². The van der Waals surface area contributed by atoms with Gasteiger partial charge >= 0.3 is 0 Å². The van der Waals surface area contributed by atoms with Gasteiger partial charge in [0.2, 0.25) is 5.91 Å². The molecule has 33 heavy (non-hydrogen) atoms. The standard InChI is InChI=1S/C26H19N3O3S/c30-24(28-26-27-20(15-33-26)16-9-10-23-17(13-16)11-12-32-23)14-29-21-7-3-1-5-18(21)25(31)19-6-2-4-8-22(19)29/h1-10,13,15H,11-12,14H2,(H,27,28,30). The van der Waals surface area contributed by atoms with Gasteiger partial charge in [-0.3, -0.25) is 9.59 Å². The lowest BCUT2D eigenvalue weighted by molar-refractivity contribution is -0.116. The van der Waals surface area contributed by atoms with E-state index in [1.165, 1.54) is 16.9 Å². The van der Waals surface area contributed by atoms with Crippen molar-refractivity contribution in [3.63, 3.8) is 0 Å². The zero-order valence-corrected chi connectivity index (χ0v) is 18.4. The molecule has 1 aliphatic heterocycles. The van der Waals surface area contributed by atoms with Crippen LogP contribution in [0.25, 0.3) is 33.1 Å². The highest BCUT2D eigenvalue weighted by atomic mass is 32.1. The third-order valence-corrected chi connectivity index (χ3v) is 6.67. The van der Waals surface area contributed by atoms with E-state index in [9.17, 15) is 9.59 Å². The van der Waals surface area contributed by atoms with Gasteiger partial charge in [0.25, 0.3) is 0 Å². The molecular weight excluding hydrogens is 434 g/mol. The zero-order valence-electron chi connectivity index (χ0n) is 17.6. The van der Waals surface area contributed by atoms with Gasteiger partial charge in [-0.25, -0.2) is 4.98 Å². The van der Waals surface area contributed by atoms with Gasteiger partial charge in [0.15, 0.2) is 10.6 Å². The Labute approximate surface area is 193 Å². The number of hydrogen-bond donors (Lipinski definition) is 1. The topological polar surface area (TPSA) is 73.2 Å². The second kappa shape index (κ2) is 7.86. The van der Waals surface area contributed by atoms with Crippen LogP contribution in [0.15, 0.2) is 76.9 Å². The number of fused-ring (bicyclic) bond motifs is 3. The Morgan fingerprint density at radius 3 is 2.52 bits per heavy atom. The highest BCUT2D eigenvalue weighted by Crippen LogP contribution is 2.32. The molecule has 1 aliphatic rings. The molecule has 0 fully saturated rings. The summed E-state index contributed by atoms with van der Waals surface area (Å²) in [6.07, 6.45) is 0.901. The van der Waals surface area contributed by atoms with E-state index in [1.807, 2.05) is 58.5 Å². The fourth-order valence-electron chi connectivity index (χ4n) is 4.36. The number of nitrogens with zero attached hydrogens (tertiary/aromatic N) is 2. The highest BCUT2D eigenvalue weighted by Gasteiger charge is 2.16. The fraction of sp³-hybridized carbons (Fsp3) is 0.115. The predicted molar refractivity (Wildman–Crippen MR) is 131 cm³/mol. The molecule has 1 amide bonds. The monoisotopic (exact) mass is 453 g/mol. The Bertz CT molecular complexity index is 1540. The molecule has 7 heteroatoms. The van der Waals surface area contributed by atoms with Gasteiger partial charge in [0, 0.05) is 28.1 Å². The van der Waals surface area contributed by atoms with Crippen molar-refractivity contribution >= 4 is 44.2 Å². The molecule has 5 aromatic rings. The summed E-state index contributed by atoms with van der Waals surface area (Å²) in [7, 11) is 0. The molecule has 0 bridgehead atoms. The Morgan fingerprint density at radius 1 is 1.03 bits per heavy atom. The number of ether oxygens (including phenoxy) is 1. The van der Waals surface area contributed by atoms with Crippen LogP contribution >= 0.6 is 11.3 Å². The van der Waals surface area contributed by atoms with E-state index in [1.54, 1.807) is 12.1 Å². The summed E-state index contributed by atoms with van der Waals surface area (Å²) in [4.78, 5) is 30.5. The van der Waals surface area contributed by atoms with E-state index in [2.05, 4.69) is 16.4 Å². The summed E-state index contributed by atoms with van der Waals surface area (Å²) in [6, 6.07) is 20.8. The van der Waals surface area contributed by atoms with Gasteiger partial charge in [0.1, 0.15) is 12.3 Å². The lowest BCUT2D eigenvalue weighted by atomic mass is 10.1. The molecule has 0 aliphatic carbocycles. The van der Waals surface area contributed by atoms with Crippen molar-refractivity contribution in [1.82, 2.24) is 9.55 Å². The Hall–Kier alpha value is -3.97. The number of hydrogen-bond acceptors (Lipinski definition) is 5. The van der Waals surface area contributed by atoms with E-state index in [4.69, 9.17) is 4.74 Å². The summed E-state index contributed by atoms with van der Waals surface area (Å²) >= 11 is 1.39. The van der Waals surface area contributed by atoms with Crippen LogP contribution < -0.4 is 15.5 Å². The van der Waals surface area contributed by atoms with Crippen molar-refractivity contribution in [2.75, 3.05) is 11.9 Å². The lowest BCUT2D eigenvalue weighted by Crippen LogP contribution is -2.21. The molecule has 6 rings (SSSR count). The minimum absolute atomic E-state index is 0.0258.